The monoisotopic (exact) mass is 503 g/mol. The number of hydrogen-bond acceptors (Lipinski definition) is 8. The Morgan fingerprint density at radius 1 is 1.08 bits per heavy atom. The summed E-state index contributed by atoms with van der Waals surface area (Å²) in [5, 5.41) is 8.34. The van der Waals surface area contributed by atoms with Crippen LogP contribution in [0.5, 0.6) is 0 Å². The molecule has 0 atom stereocenters. The van der Waals surface area contributed by atoms with Gasteiger partial charge in [0, 0.05) is 48.7 Å². The van der Waals surface area contributed by atoms with Crippen molar-refractivity contribution >= 4 is 45.3 Å². The van der Waals surface area contributed by atoms with E-state index in [2.05, 4.69) is 37.6 Å². The predicted octanol–water partition coefficient (Wildman–Crippen LogP) is 4.95. The molecule has 0 unspecified atom stereocenters. The molecule has 3 aromatic heterocycles. The fourth-order valence-corrected chi connectivity index (χ4v) is 5.75. The number of ether oxygens (including phenoxy) is 1. The summed E-state index contributed by atoms with van der Waals surface area (Å²) in [6, 6.07) is 10.1. The van der Waals surface area contributed by atoms with Crippen LogP contribution in [0.15, 0.2) is 48.1 Å². The first-order chi connectivity index (χ1) is 17.7. The number of carbonyl (C=O) groups excluding carboxylic acids is 1. The first kappa shape index (κ1) is 22.9. The number of rotatable bonds is 7. The number of nitrogens with one attached hydrogen (secondary N) is 2. The van der Waals surface area contributed by atoms with Gasteiger partial charge in [-0.25, -0.2) is 15.0 Å². The van der Waals surface area contributed by atoms with Gasteiger partial charge in [-0.1, -0.05) is 12.8 Å². The third kappa shape index (κ3) is 4.91. The third-order valence-corrected chi connectivity index (χ3v) is 7.62. The van der Waals surface area contributed by atoms with Gasteiger partial charge in [0.15, 0.2) is 10.8 Å². The van der Waals surface area contributed by atoms with Crippen LogP contribution in [0.3, 0.4) is 0 Å². The summed E-state index contributed by atoms with van der Waals surface area (Å²) >= 11 is 1.53. The molecule has 10 heteroatoms. The van der Waals surface area contributed by atoms with Crippen LogP contribution in [0.1, 0.15) is 32.1 Å². The zero-order valence-electron chi connectivity index (χ0n) is 20.0. The first-order valence-corrected chi connectivity index (χ1v) is 13.4. The van der Waals surface area contributed by atoms with Gasteiger partial charge in [0.05, 0.1) is 18.9 Å². The molecule has 0 radical (unpaired) electrons. The topological polar surface area (TPSA) is 96.7 Å². The SMILES string of the molecule is O=C(CC1CCCC1)Nc1nc2sccn2c1-c1ccnc(Nc2ccc(N3CCOCC3)cc2)n1. The Hall–Kier alpha value is -3.50. The lowest BCUT2D eigenvalue weighted by molar-refractivity contribution is -0.117. The molecule has 1 aromatic carbocycles. The molecule has 4 heterocycles. The number of carbonyl (C=O) groups is 1. The van der Waals surface area contributed by atoms with Crippen molar-refractivity contribution < 1.29 is 9.53 Å². The number of anilines is 4. The molecule has 1 aliphatic heterocycles. The highest BCUT2D eigenvalue weighted by Gasteiger charge is 2.22. The van der Waals surface area contributed by atoms with Gasteiger partial charge in [-0.05, 0) is 49.1 Å². The molecule has 2 N–H and O–H groups in total. The van der Waals surface area contributed by atoms with Crippen LogP contribution in [0.2, 0.25) is 0 Å². The van der Waals surface area contributed by atoms with E-state index in [1.807, 2.05) is 34.2 Å². The maximum atomic E-state index is 12.8. The lowest BCUT2D eigenvalue weighted by Gasteiger charge is -2.28. The van der Waals surface area contributed by atoms with Crippen molar-refractivity contribution in [3.8, 4) is 11.4 Å². The average Bonchev–Trinajstić information content (AvgIpc) is 3.64. The van der Waals surface area contributed by atoms with Gasteiger partial charge in [0.25, 0.3) is 0 Å². The Labute approximate surface area is 213 Å². The maximum Gasteiger partial charge on any atom is 0.227 e. The molecule has 9 nitrogen and oxygen atoms in total. The molecule has 6 rings (SSSR count). The second kappa shape index (κ2) is 10.2. The fourth-order valence-electron chi connectivity index (χ4n) is 5.03. The Bertz CT molecular complexity index is 1340. The summed E-state index contributed by atoms with van der Waals surface area (Å²) < 4.78 is 7.42. The van der Waals surface area contributed by atoms with Crippen LogP contribution in [0.25, 0.3) is 16.3 Å². The van der Waals surface area contributed by atoms with Gasteiger partial charge in [-0.15, -0.1) is 11.3 Å². The van der Waals surface area contributed by atoms with Crippen LogP contribution < -0.4 is 15.5 Å². The minimum Gasteiger partial charge on any atom is -0.378 e. The molecule has 1 aliphatic carbocycles. The number of thiazole rings is 1. The minimum atomic E-state index is 0.0154. The van der Waals surface area contributed by atoms with E-state index in [-0.39, 0.29) is 5.91 Å². The van der Waals surface area contributed by atoms with Crippen LogP contribution >= 0.6 is 11.3 Å². The van der Waals surface area contributed by atoms with Crippen molar-refractivity contribution in [3.05, 3.63) is 48.1 Å². The normalized spacial score (nSPS) is 16.5. The molecule has 2 fully saturated rings. The van der Waals surface area contributed by atoms with E-state index in [4.69, 9.17) is 9.72 Å². The number of nitrogens with zero attached hydrogens (tertiary/aromatic N) is 5. The largest absolute Gasteiger partial charge is 0.378 e. The Morgan fingerprint density at radius 2 is 1.89 bits per heavy atom. The van der Waals surface area contributed by atoms with E-state index in [0.717, 1.165) is 55.5 Å². The number of fused-ring (bicyclic) bond motifs is 1. The highest BCUT2D eigenvalue weighted by molar-refractivity contribution is 7.15. The zero-order chi connectivity index (χ0) is 24.3. The lowest BCUT2D eigenvalue weighted by Crippen LogP contribution is -2.36. The standard InChI is InChI=1S/C26H29N7O2S/c34-22(17-18-3-1-2-4-18)30-24-23(33-13-16-36-26(33)31-24)21-9-10-27-25(29-21)28-19-5-7-20(8-6-19)32-11-14-35-15-12-32/h5-10,13,16,18H,1-4,11-12,14-15,17H2,(H,30,34)(H,27,28,29). The molecular weight excluding hydrogens is 474 g/mol. The predicted molar refractivity (Wildman–Crippen MR) is 142 cm³/mol. The van der Waals surface area contributed by atoms with Gasteiger partial charge >= 0.3 is 0 Å². The highest BCUT2D eigenvalue weighted by atomic mass is 32.1. The second-order valence-corrected chi connectivity index (χ2v) is 10.2. The maximum absolute atomic E-state index is 12.8. The number of amides is 1. The number of benzene rings is 1. The molecule has 0 spiro atoms. The number of imidazole rings is 1. The lowest BCUT2D eigenvalue weighted by atomic mass is 10.0. The molecule has 36 heavy (non-hydrogen) atoms. The van der Waals surface area contributed by atoms with E-state index in [1.54, 1.807) is 6.20 Å². The van der Waals surface area contributed by atoms with Crippen LogP contribution in [-0.4, -0.2) is 51.6 Å². The van der Waals surface area contributed by atoms with E-state index < -0.39 is 0 Å². The minimum absolute atomic E-state index is 0.0154. The highest BCUT2D eigenvalue weighted by Crippen LogP contribution is 2.32. The second-order valence-electron chi connectivity index (χ2n) is 9.30. The van der Waals surface area contributed by atoms with E-state index in [1.165, 1.54) is 29.9 Å². The smallest absolute Gasteiger partial charge is 0.227 e. The van der Waals surface area contributed by atoms with Gasteiger partial charge in [0.2, 0.25) is 11.9 Å². The third-order valence-electron chi connectivity index (χ3n) is 6.87. The number of hydrogen-bond donors (Lipinski definition) is 2. The van der Waals surface area contributed by atoms with Crippen molar-refractivity contribution in [1.29, 1.82) is 0 Å². The van der Waals surface area contributed by atoms with Gasteiger partial charge in [-0.3, -0.25) is 9.20 Å². The summed E-state index contributed by atoms with van der Waals surface area (Å²) in [7, 11) is 0. The van der Waals surface area contributed by atoms with E-state index >= 15 is 0 Å². The number of morpholine rings is 1. The van der Waals surface area contributed by atoms with Crippen molar-refractivity contribution in [2.45, 2.75) is 32.1 Å². The van der Waals surface area contributed by atoms with Crippen molar-refractivity contribution in [3.63, 3.8) is 0 Å². The summed E-state index contributed by atoms with van der Waals surface area (Å²) in [6.45, 7) is 3.32. The summed E-state index contributed by atoms with van der Waals surface area (Å²) in [5.74, 6) is 1.52. The first-order valence-electron chi connectivity index (χ1n) is 12.5. The zero-order valence-corrected chi connectivity index (χ0v) is 20.8. The molecule has 1 amide bonds. The van der Waals surface area contributed by atoms with Gasteiger partial charge in [-0.2, -0.15) is 0 Å². The fraction of sp³-hybridized carbons (Fsp3) is 0.385. The Kier molecular flexibility index (Phi) is 6.52. The van der Waals surface area contributed by atoms with Crippen molar-refractivity contribution in [2.24, 2.45) is 5.92 Å². The summed E-state index contributed by atoms with van der Waals surface area (Å²) in [5.41, 5.74) is 3.54. The van der Waals surface area contributed by atoms with Crippen molar-refractivity contribution in [1.82, 2.24) is 19.4 Å². The quantitative estimate of drug-likeness (QED) is 0.368. The van der Waals surface area contributed by atoms with Crippen LogP contribution in [0, 0.1) is 5.92 Å². The molecular formula is C26H29N7O2S. The van der Waals surface area contributed by atoms with Gasteiger partial charge in [0.1, 0.15) is 5.69 Å². The molecule has 0 bridgehead atoms. The molecule has 4 aromatic rings. The van der Waals surface area contributed by atoms with Crippen LogP contribution in [0.4, 0.5) is 23.1 Å². The molecule has 1 saturated heterocycles. The molecule has 2 aliphatic rings. The molecule has 186 valence electrons. The number of aromatic nitrogens is 4. The summed E-state index contributed by atoms with van der Waals surface area (Å²) in [6.07, 6.45) is 8.92. The summed E-state index contributed by atoms with van der Waals surface area (Å²) in [4.78, 5) is 29.8. The van der Waals surface area contributed by atoms with Gasteiger partial charge < -0.3 is 20.3 Å². The average molecular weight is 504 g/mol. The van der Waals surface area contributed by atoms with Crippen LogP contribution in [-0.2, 0) is 9.53 Å². The Balaban J connectivity index is 1.22. The van der Waals surface area contributed by atoms with E-state index in [9.17, 15) is 4.79 Å². The van der Waals surface area contributed by atoms with E-state index in [0.29, 0.717) is 29.8 Å². The van der Waals surface area contributed by atoms with Crippen molar-refractivity contribution in [2.75, 3.05) is 41.8 Å². The molecule has 1 saturated carbocycles. The Morgan fingerprint density at radius 3 is 2.69 bits per heavy atom.